The van der Waals surface area contributed by atoms with Crippen molar-refractivity contribution in [2.75, 3.05) is 10.6 Å². The van der Waals surface area contributed by atoms with Gasteiger partial charge in [-0.15, -0.1) is 0 Å². The highest BCUT2D eigenvalue weighted by Gasteiger charge is 2.20. The Morgan fingerprint density at radius 2 is 1.96 bits per heavy atom. The molecule has 0 saturated heterocycles. The van der Waals surface area contributed by atoms with Crippen molar-refractivity contribution in [1.82, 2.24) is 5.16 Å². The van der Waals surface area contributed by atoms with E-state index in [1.165, 1.54) is 37.3 Å². The number of carbonyl (C=O) groups is 3. The Balaban J connectivity index is 1.91. The van der Waals surface area contributed by atoms with Gasteiger partial charge in [-0.25, -0.2) is 4.79 Å². The van der Waals surface area contributed by atoms with Gasteiger partial charge in [-0.05, 0) is 38.1 Å². The molecule has 2 amide bonds. The Kier molecular flexibility index (Phi) is 6.06. The van der Waals surface area contributed by atoms with Gasteiger partial charge in [-0.1, -0.05) is 5.16 Å². The van der Waals surface area contributed by atoms with E-state index in [4.69, 9.17) is 14.5 Å². The third kappa shape index (κ3) is 5.17. The average Bonchev–Trinajstić information content (AvgIpc) is 3.00. The van der Waals surface area contributed by atoms with Gasteiger partial charge in [0.1, 0.15) is 12.2 Å². The van der Waals surface area contributed by atoms with Crippen molar-refractivity contribution < 1.29 is 23.6 Å². The molecule has 0 saturated carbocycles. The normalized spacial score (nSPS) is 11.1. The van der Waals surface area contributed by atoms with E-state index in [0.717, 1.165) is 0 Å². The summed E-state index contributed by atoms with van der Waals surface area (Å²) >= 11 is 0. The zero-order valence-corrected chi connectivity index (χ0v) is 14.1. The molecule has 0 spiro atoms. The number of anilines is 2. The summed E-state index contributed by atoms with van der Waals surface area (Å²) in [6, 6.07) is 9.14. The van der Waals surface area contributed by atoms with Crippen LogP contribution in [0.25, 0.3) is 0 Å². The van der Waals surface area contributed by atoms with Gasteiger partial charge in [-0.3, -0.25) is 9.59 Å². The van der Waals surface area contributed by atoms with E-state index >= 15 is 0 Å². The fourth-order valence-electron chi connectivity index (χ4n) is 1.90. The highest BCUT2D eigenvalue weighted by Crippen LogP contribution is 2.13. The zero-order valence-electron chi connectivity index (χ0n) is 14.1. The molecule has 0 aliphatic rings. The summed E-state index contributed by atoms with van der Waals surface area (Å²) < 4.78 is 9.93. The fourth-order valence-corrected chi connectivity index (χ4v) is 1.90. The lowest BCUT2D eigenvalue weighted by molar-refractivity contribution is -0.123. The number of benzene rings is 1. The van der Waals surface area contributed by atoms with E-state index in [1.807, 2.05) is 0 Å². The van der Waals surface area contributed by atoms with Crippen LogP contribution in [0.2, 0.25) is 0 Å². The minimum Gasteiger partial charge on any atom is -0.449 e. The highest BCUT2D eigenvalue weighted by atomic mass is 16.5. The second-order valence-electron chi connectivity index (χ2n) is 5.32. The van der Waals surface area contributed by atoms with Crippen molar-refractivity contribution in [2.24, 2.45) is 0 Å². The molecule has 0 unspecified atom stereocenters. The topological polar surface area (TPSA) is 134 Å². The van der Waals surface area contributed by atoms with E-state index in [2.05, 4.69) is 15.8 Å². The Morgan fingerprint density at radius 1 is 1.27 bits per heavy atom. The van der Waals surface area contributed by atoms with E-state index in [-0.39, 0.29) is 17.8 Å². The molecule has 0 fully saturated rings. The molecule has 0 aliphatic carbocycles. The average molecular weight is 356 g/mol. The number of hydrogen-bond donors (Lipinski definition) is 2. The number of nitriles is 1. The molecular formula is C17H16N4O5. The molecule has 1 atom stereocenters. The lowest BCUT2D eigenvalue weighted by atomic mass is 10.2. The first-order valence-electron chi connectivity index (χ1n) is 7.61. The number of nitrogens with one attached hydrogen (secondary N) is 2. The SMILES string of the molecule is Cc1cc(NC(=O)[C@H](C)OC(=O)c2ccc(NC(=O)CC#N)cc2)no1. The molecule has 9 heteroatoms. The van der Waals surface area contributed by atoms with Crippen LogP contribution in [0.4, 0.5) is 11.5 Å². The smallest absolute Gasteiger partial charge is 0.338 e. The van der Waals surface area contributed by atoms with E-state index in [9.17, 15) is 14.4 Å². The van der Waals surface area contributed by atoms with Crippen molar-refractivity contribution in [2.45, 2.75) is 26.4 Å². The second-order valence-corrected chi connectivity index (χ2v) is 5.32. The minimum absolute atomic E-state index is 0.209. The third-order valence-corrected chi connectivity index (χ3v) is 3.18. The Morgan fingerprint density at radius 3 is 2.54 bits per heavy atom. The van der Waals surface area contributed by atoms with Gasteiger partial charge in [0.25, 0.3) is 5.91 Å². The quantitative estimate of drug-likeness (QED) is 0.756. The molecule has 2 aromatic rings. The Bertz CT molecular complexity index is 851. The van der Waals surface area contributed by atoms with Crippen molar-refractivity contribution in [3.63, 3.8) is 0 Å². The Labute approximate surface area is 148 Å². The molecule has 134 valence electrons. The summed E-state index contributed by atoms with van der Waals surface area (Å²) in [5, 5.41) is 17.0. The molecule has 0 bridgehead atoms. The standard InChI is InChI=1S/C17H16N4O5/c1-10-9-14(21-26-10)20-16(23)11(2)25-17(24)12-3-5-13(6-4-12)19-15(22)7-8-18/h3-6,9,11H,7H2,1-2H3,(H,19,22)(H,20,21,23)/t11-/m0/s1. The first-order valence-corrected chi connectivity index (χ1v) is 7.61. The molecular weight excluding hydrogens is 340 g/mol. The largest absolute Gasteiger partial charge is 0.449 e. The number of nitrogens with zero attached hydrogens (tertiary/aromatic N) is 2. The van der Waals surface area contributed by atoms with Crippen LogP contribution < -0.4 is 10.6 Å². The first-order chi connectivity index (χ1) is 12.4. The van der Waals surface area contributed by atoms with Gasteiger partial charge in [0.15, 0.2) is 11.9 Å². The van der Waals surface area contributed by atoms with Crippen LogP contribution in [0.3, 0.4) is 0 Å². The molecule has 0 radical (unpaired) electrons. The summed E-state index contributed by atoms with van der Waals surface area (Å²) in [7, 11) is 0. The molecule has 2 rings (SSSR count). The van der Waals surface area contributed by atoms with Crippen molar-refractivity contribution in [3.05, 3.63) is 41.7 Å². The molecule has 1 aromatic carbocycles. The Hall–Kier alpha value is -3.67. The van der Waals surface area contributed by atoms with Gasteiger partial charge in [-0.2, -0.15) is 5.26 Å². The van der Waals surface area contributed by atoms with Crippen molar-refractivity contribution in [3.8, 4) is 6.07 Å². The summed E-state index contributed by atoms with van der Waals surface area (Å²) in [5.74, 6) is -0.929. The van der Waals surface area contributed by atoms with Gasteiger partial charge in [0.2, 0.25) is 5.91 Å². The monoisotopic (exact) mass is 356 g/mol. The van der Waals surface area contributed by atoms with Crippen LogP contribution in [0.15, 0.2) is 34.9 Å². The fraction of sp³-hybridized carbons (Fsp3) is 0.235. The number of aryl methyl sites for hydroxylation is 1. The van der Waals surface area contributed by atoms with Gasteiger partial charge in [0, 0.05) is 11.8 Å². The van der Waals surface area contributed by atoms with Crippen LogP contribution in [0.5, 0.6) is 0 Å². The maximum atomic E-state index is 12.1. The van der Waals surface area contributed by atoms with E-state index < -0.39 is 23.9 Å². The van der Waals surface area contributed by atoms with Crippen LogP contribution >= 0.6 is 0 Å². The number of ether oxygens (including phenoxy) is 1. The van der Waals surface area contributed by atoms with Crippen LogP contribution in [-0.2, 0) is 14.3 Å². The van der Waals surface area contributed by atoms with Crippen molar-refractivity contribution >= 4 is 29.3 Å². The zero-order chi connectivity index (χ0) is 19.1. The van der Waals surface area contributed by atoms with E-state index in [0.29, 0.717) is 11.4 Å². The number of carbonyl (C=O) groups excluding carboxylic acids is 3. The lowest BCUT2D eigenvalue weighted by Crippen LogP contribution is -2.30. The second kappa shape index (κ2) is 8.43. The summed E-state index contributed by atoms with van der Waals surface area (Å²) in [4.78, 5) is 35.4. The molecule has 26 heavy (non-hydrogen) atoms. The summed E-state index contributed by atoms with van der Waals surface area (Å²) in [6.45, 7) is 3.11. The van der Waals surface area contributed by atoms with E-state index in [1.54, 1.807) is 13.0 Å². The van der Waals surface area contributed by atoms with Crippen LogP contribution in [0.1, 0.15) is 29.5 Å². The molecule has 0 aliphatic heterocycles. The number of hydrogen-bond acceptors (Lipinski definition) is 7. The maximum Gasteiger partial charge on any atom is 0.338 e. The molecule has 9 nitrogen and oxygen atoms in total. The van der Waals surface area contributed by atoms with Crippen LogP contribution in [0, 0.1) is 18.3 Å². The van der Waals surface area contributed by atoms with Gasteiger partial charge in [0.05, 0.1) is 11.6 Å². The van der Waals surface area contributed by atoms with Crippen LogP contribution in [-0.4, -0.2) is 29.0 Å². The summed E-state index contributed by atoms with van der Waals surface area (Å²) in [5.41, 5.74) is 0.647. The first kappa shape index (κ1) is 18.7. The molecule has 2 N–H and O–H groups in total. The lowest BCUT2D eigenvalue weighted by Gasteiger charge is -2.12. The third-order valence-electron chi connectivity index (χ3n) is 3.18. The number of esters is 1. The molecule has 1 aromatic heterocycles. The predicted molar refractivity (Wildman–Crippen MR) is 90.0 cm³/mol. The predicted octanol–water partition coefficient (Wildman–Crippen LogP) is 2.02. The van der Waals surface area contributed by atoms with Gasteiger partial charge < -0.3 is 19.9 Å². The van der Waals surface area contributed by atoms with Gasteiger partial charge >= 0.3 is 5.97 Å². The number of amides is 2. The molecule has 1 heterocycles. The maximum absolute atomic E-state index is 12.1. The number of rotatable bonds is 6. The minimum atomic E-state index is -1.05. The van der Waals surface area contributed by atoms with Crippen molar-refractivity contribution in [1.29, 1.82) is 5.26 Å². The highest BCUT2D eigenvalue weighted by molar-refractivity contribution is 5.97. The summed E-state index contributed by atoms with van der Waals surface area (Å²) in [6.07, 6.45) is -1.31. The number of aromatic nitrogens is 1.